The van der Waals surface area contributed by atoms with Crippen LogP contribution in [0.25, 0.3) is 5.57 Å². The summed E-state index contributed by atoms with van der Waals surface area (Å²) >= 11 is 0. The van der Waals surface area contributed by atoms with Crippen molar-refractivity contribution < 1.29 is 23.6 Å². The molecule has 2 aliphatic carbocycles. The van der Waals surface area contributed by atoms with Gasteiger partial charge < -0.3 is 20.9 Å². The predicted molar refractivity (Wildman–Crippen MR) is 163 cm³/mol. The van der Waals surface area contributed by atoms with Crippen molar-refractivity contribution in [3.63, 3.8) is 0 Å². The molecule has 0 aromatic heterocycles. The van der Waals surface area contributed by atoms with Crippen LogP contribution in [0.2, 0.25) is 0 Å². The number of halogens is 1. The average Bonchev–Trinajstić information content (AvgIpc) is 3.77. The van der Waals surface area contributed by atoms with Gasteiger partial charge in [0.25, 0.3) is 5.91 Å². The van der Waals surface area contributed by atoms with Crippen LogP contribution in [0.5, 0.6) is 0 Å². The first-order valence-corrected chi connectivity index (χ1v) is 15.1. The van der Waals surface area contributed by atoms with E-state index in [2.05, 4.69) is 10.3 Å². The molecule has 3 N–H and O–H groups in total. The van der Waals surface area contributed by atoms with Crippen molar-refractivity contribution in [2.24, 2.45) is 16.6 Å². The zero-order valence-corrected chi connectivity index (χ0v) is 25.0. The maximum absolute atomic E-state index is 13.9. The van der Waals surface area contributed by atoms with E-state index in [1.807, 2.05) is 18.2 Å². The molecule has 44 heavy (non-hydrogen) atoms. The fourth-order valence-electron chi connectivity index (χ4n) is 6.76. The highest BCUT2D eigenvalue weighted by Gasteiger charge is 2.56. The van der Waals surface area contributed by atoms with E-state index >= 15 is 0 Å². The first kappa shape index (κ1) is 29.5. The van der Waals surface area contributed by atoms with Crippen molar-refractivity contribution in [2.75, 3.05) is 27.2 Å². The lowest BCUT2D eigenvalue weighted by Gasteiger charge is -2.31. The Labute approximate surface area is 255 Å². The number of carbonyl (C=O) groups excluding carboxylic acids is 4. The van der Waals surface area contributed by atoms with Gasteiger partial charge in [-0.2, -0.15) is 0 Å². The SMILES string of the molecule is CN(C)C(=O)CN=CC(=CN)c1ccc2c(c1)CCC21NC(=O)N(CC(=O)N2Cc3ccc(F)cc3CC[C@H]2C2CC2)C1=O. The molecule has 5 amide bonds. The number of imide groups is 1. The Hall–Kier alpha value is -4.54. The maximum Gasteiger partial charge on any atom is 0.325 e. The lowest BCUT2D eigenvalue weighted by atomic mass is 9.90. The molecular weight excluding hydrogens is 563 g/mol. The Balaban J connectivity index is 1.20. The van der Waals surface area contributed by atoms with E-state index in [4.69, 9.17) is 5.73 Å². The van der Waals surface area contributed by atoms with Crippen LogP contribution in [0.3, 0.4) is 0 Å². The Morgan fingerprint density at radius 3 is 2.61 bits per heavy atom. The van der Waals surface area contributed by atoms with Gasteiger partial charge in [-0.25, -0.2) is 9.18 Å². The second-order valence-corrected chi connectivity index (χ2v) is 12.4. The molecule has 2 fully saturated rings. The number of urea groups is 1. The Morgan fingerprint density at radius 1 is 1.09 bits per heavy atom. The van der Waals surface area contributed by atoms with Crippen molar-refractivity contribution in [1.29, 1.82) is 0 Å². The fraction of sp³-hybridized carbons (Fsp3) is 0.424. The minimum atomic E-state index is -1.23. The summed E-state index contributed by atoms with van der Waals surface area (Å²) in [5.74, 6) is -0.750. The highest BCUT2D eigenvalue weighted by atomic mass is 19.1. The van der Waals surface area contributed by atoms with Crippen LogP contribution < -0.4 is 11.1 Å². The number of aliphatic imine (C=N–C) groups is 1. The van der Waals surface area contributed by atoms with Crippen LogP contribution in [-0.2, 0) is 39.3 Å². The topological polar surface area (TPSA) is 128 Å². The molecule has 1 saturated carbocycles. The third-order valence-corrected chi connectivity index (χ3v) is 9.38. The predicted octanol–water partition coefficient (Wildman–Crippen LogP) is 2.73. The molecule has 4 aliphatic rings. The lowest BCUT2D eigenvalue weighted by Crippen LogP contribution is -2.48. The van der Waals surface area contributed by atoms with Gasteiger partial charge in [0.1, 0.15) is 24.4 Å². The first-order valence-electron chi connectivity index (χ1n) is 15.1. The van der Waals surface area contributed by atoms with Gasteiger partial charge in [0.15, 0.2) is 0 Å². The number of amides is 5. The molecule has 2 heterocycles. The number of carbonyl (C=O) groups is 4. The van der Waals surface area contributed by atoms with Gasteiger partial charge in [-0.05, 0) is 84.4 Å². The Morgan fingerprint density at radius 2 is 1.89 bits per heavy atom. The number of aryl methyl sites for hydroxylation is 2. The lowest BCUT2D eigenvalue weighted by molar-refractivity contribution is -0.141. The summed E-state index contributed by atoms with van der Waals surface area (Å²) < 4.78 is 13.9. The molecule has 0 radical (unpaired) electrons. The Kier molecular flexibility index (Phi) is 7.73. The van der Waals surface area contributed by atoms with Gasteiger partial charge in [0.05, 0.1) is 0 Å². The molecule has 1 saturated heterocycles. The highest BCUT2D eigenvalue weighted by molar-refractivity contribution is 6.11. The van der Waals surface area contributed by atoms with E-state index < -0.39 is 17.5 Å². The van der Waals surface area contributed by atoms with Gasteiger partial charge in [-0.15, -0.1) is 0 Å². The number of likely N-dealkylation sites (N-methyl/N-ethyl adjacent to an activating group) is 1. The average molecular weight is 601 g/mol. The van der Waals surface area contributed by atoms with Gasteiger partial charge in [0, 0.05) is 44.7 Å². The van der Waals surface area contributed by atoms with E-state index in [-0.39, 0.29) is 36.8 Å². The summed E-state index contributed by atoms with van der Waals surface area (Å²) in [6.45, 7) is -0.0151. The number of nitrogens with zero attached hydrogens (tertiary/aromatic N) is 4. The van der Waals surface area contributed by atoms with E-state index in [1.54, 1.807) is 37.3 Å². The summed E-state index contributed by atoms with van der Waals surface area (Å²) in [5, 5.41) is 2.91. The first-order chi connectivity index (χ1) is 21.1. The minimum absolute atomic E-state index is 0.00261. The summed E-state index contributed by atoms with van der Waals surface area (Å²) in [7, 11) is 3.33. The third-order valence-electron chi connectivity index (χ3n) is 9.38. The van der Waals surface area contributed by atoms with Crippen molar-refractivity contribution in [2.45, 2.75) is 56.7 Å². The summed E-state index contributed by atoms with van der Waals surface area (Å²) in [6, 6.07) is 9.65. The molecule has 2 atom stereocenters. The van der Waals surface area contributed by atoms with Crippen LogP contribution in [-0.4, -0.2) is 77.9 Å². The second kappa shape index (κ2) is 11.5. The molecule has 1 spiro atoms. The molecule has 2 aliphatic heterocycles. The number of benzene rings is 2. The number of rotatable bonds is 7. The standard InChI is InChI=1S/C33H37FN6O4/c1-38(2)29(41)17-36-16-25(15-35)21-6-9-27-23(13-21)11-12-33(27)31(43)40(32(44)37-33)19-30(42)39-18-24-5-8-26(34)14-22(24)7-10-28(39)20-3-4-20/h5-6,8-9,13-16,20,28H,3-4,7,10-12,17-19,35H2,1-2H3,(H,37,44)/t28-,33?/m0/s1. The molecule has 11 heteroatoms. The van der Waals surface area contributed by atoms with Crippen molar-refractivity contribution in [1.82, 2.24) is 20.0 Å². The van der Waals surface area contributed by atoms with E-state index in [0.29, 0.717) is 42.9 Å². The quantitative estimate of drug-likeness (QED) is 0.373. The molecule has 2 aromatic rings. The summed E-state index contributed by atoms with van der Waals surface area (Å²) in [4.78, 5) is 61.4. The van der Waals surface area contributed by atoms with Gasteiger partial charge >= 0.3 is 6.03 Å². The number of fused-ring (bicyclic) bond motifs is 3. The van der Waals surface area contributed by atoms with Crippen molar-refractivity contribution in [3.8, 4) is 0 Å². The molecular formula is C33H37FN6O4. The molecule has 0 bridgehead atoms. The summed E-state index contributed by atoms with van der Waals surface area (Å²) in [5.41, 5.74) is 9.44. The van der Waals surface area contributed by atoms with Crippen molar-refractivity contribution >= 4 is 35.5 Å². The van der Waals surface area contributed by atoms with E-state index in [0.717, 1.165) is 46.4 Å². The van der Waals surface area contributed by atoms with Crippen LogP contribution in [0.1, 0.15) is 53.5 Å². The van der Waals surface area contributed by atoms with Crippen LogP contribution in [0.15, 0.2) is 47.6 Å². The fourth-order valence-corrected chi connectivity index (χ4v) is 6.76. The summed E-state index contributed by atoms with van der Waals surface area (Å²) in [6.07, 6.45) is 7.37. The minimum Gasteiger partial charge on any atom is -0.404 e. The van der Waals surface area contributed by atoms with Crippen molar-refractivity contribution in [3.05, 3.63) is 76.2 Å². The van der Waals surface area contributed by atoms with Gasteiger partial charge in [-0.1, -0.05) is 24.3 Å². The van der Waals surface area contributed by atoms with Crippen LogP contribution in [0.4, 0.5) is 9.18 Å². The molecule has 1 unspecified atom stereocenters. The van der Waals surface area contributed by atoms with Crippen LogP contribution >= 0.6 is 0 Å². The number of hydrogen-bond acceptors (Lipinski definition) is 6. The zero-order valence-electron chi connectivity index (χ0n) is 25.0. The molecule has 2 aromatic carbocycles. The largest absolute Gasteiger partial charge is 0.404 e. The Bertz CT molecular complexity index is 1600. The number of allylic oxidation sites excluding steroid dienone is 1. The third kappa shape index (κ3) is 5.35. The molecule has 230 valence electrons. The van der Waals surface area contributed by atoms with Gasteiger partial charge in [-0.3, -0.25) is 24.3 Å². The number of nitrogens with two attached hydrogens (primary N) is 1. The normalized spacial score (nSPS) is 23.2. The monoisotopic (exact) mass is 600 g/mol. The molecule has 10 nitrogen and oxygen atoms in total. The molecule has 6 rings (SSSR count). The second-order valence-electron chi connectivity index (χ2n) is 12.4. The zero-order chi connectivity index (χ0) is 31.2. The van der Waals surface area contributed by atoms with E-state index in [9.17, 15) is 23.6 Å². The number of nitrogens with one attached hydrogen (secondary N) is 1. The van der Waals surface area contributed by atoms with Gasteiger partial charge in [0.2, 0.25) is 11.8 Å². The number of hydrogen-bond donors (Lipinski definition) is 2. The van der Waals surface area contributed by atoms with E-state index in [1.165, 1.54) is 17.2 Å². The highest BCUT2D eigenvalue weighted by Crippen LogP contribution is 2.43. The smallest absolute Gasteiger partial charge is 0.325 e. The maximum atomic E-state index is 13.9. The van der Waals surface area contributed by atoms with Crippen LogP contribution in [0, 0.1) is 11.7 Å².